The fraction of sp³-hybridized carbons (Fsp3) is 0.889. The van der Waals surface area contributed by atoms with Crippen LogP contribution in [-0.2, 0) is 4.79 Å². The van der Waals surface area contributed by atoms with E-state index in [4.69, 9.17) is 5.11 Å². The summed E-state index contributed by atoms with van der Waals surface area (Å²) in [5, 5.41) is 12.1. The summed E-state index contributed by atoms with van der Waals surface area (Å²) in [4.78, 5) is 13.0. The minimum atomic E-state index is -0.668. The van der Waals surface area contributed by atoms with Gasteiger partial charge in [-0.15, -0.1) is 0 Å². The van der Waals surface area contributed by atoms with Gasteiger partial charge in [0.1, 0.15) is 0 Å². The zero-order valence-electron chi connectivity index (χ0n) is 8.29. The first kappa shape index (κ1) is 10.5. The van der Waals surface area contributed by atoms with Crippen LogP contribution in [0.4, 0.5) is 0 Å². The molecule has 0 aliphatic carbocycles. The number of hydrogen-bond acceptors (Lipinski definition) is 3. The molecule has 0 aromatic carbocycles. The summed E-state index contributed by atoms with van der Waals surface area (Å²) in [5.41, 5.74) is 0. The molecule has 76 valence electrons. The highest BCUT2D eigenvalue weighted by Crippen LogP contribution is 2.16. The van der Waals surface area contributed by atoms with Crippen molar-refractivity contribution in [2.24, 2.45) is 5.92 Å². The van der Waals surface area contributed by atoms with Gasteiger partial charge in [-0.3, -0.25) is 4.79 Å². The smallest absolute Gasteiger partial charge is 0.307 e. The summed E-state index contributed by atoms with van der Waals surface area (Å²) >= 11 is 0. The highest BCUT2D eigenvalue weighted by atomic mass is 16.4. The molecule has 1 aliphatic heterocycles. The Bertz CT molecular complexity index is 172. The molecule has 0 aromatic rings. The number of carbonyl (C=O) groups is 1. The lowest BCUT2D eigenvalue weighted by molar-refractivity contribution is -0.143. The monoisotopic (exact) mass is 186 g/mol. The number of rotatable bonds is 3. The van der Waals surface area contributed by atoms with Gasteiger partial charge in [0.25, 0.3) is 0 Å². The number of nitrogens with one attached hydrogen (secondary N) is 1. The van der Waals surface area contributed by atoms with Crippen LogP contribution in [-0.4, -0.2) is 48.7 Å². The average Bonchev–Trinajstić information content (AvgIpc) is 2.16. The minimum Gasteiger partial charge on any atom is -0.481 e. The summed E-state index contributed by atoms with van der Waals surface area (Å²) in [5.74, 6) is -0.871. The maximum atomic E-state index is 10.8. The quantitative estimate of drug-likeness (QED) is 0.651. The first-order valence-electron chi connectivity index (χ1n) is 4.79. The molecule has 0 bridgehead atoms. The number of aliphatic carboxylic acids is 1. The zero-order chi connectivity index (χ0) is 9.84. The molecule has 0 spiro atoms. The summed E-state index contributed by atoms with van der Waals surface area (Å²) in [6, 6.07) is 0.329. The van der Waals surface area contributed by atoms with Crippen LogP contribution in [0.3, 0.4) is 0 Å². The van der Waals surface area contributed by atoms with Crippen molar-refractivity contribution in [2.45, 2.75) is 19.4 Å². The first-order chi connectivity index (χ1) is 6.17. The van der Waals surface area contributed by atoms with Gasteiger partial charge in [0, 0.05) is 19.1 Å². The Morgan fingerprint density at radius 1 is 1.62 bits per heavy atom. The largest absolute Gasteiger partial charge is 0.481 e. The Morgan fingerprint density at radius 2 is 2.31 bits per heavy atom. The molecule has 1 aliphatic rings. The van der Waals surface area contributed by atoms with Crippen molar-refractivity contribution in [3.8, 4) is 0 Å². The van der Waals surface area contributed by atoms with Gasteiger partial charge >= 0.3 is 5.97 Å². The summed E-state index contributed by atoms with van der Waals surface area (Å²) in [6.45, 7) is 4.67. The van der Waals surface area contributed by atoms with Crippen LogP contribution < -0.4 is 5.32 Å². The standard InChI is InChI=1S/C9H18N2O2/c1-3-11-5-7(9(12)13)4-8(6-11)10-2/h7-8,10H,3-6H2,1-2H3,(H,12,13). The minimum absolute atomic E-state index is 0.203. The molecule has 0 saturated carbocycles. The van der Waals surface area contributed by atoms with E-state index in [0.29, 0.717) is 12.6 Å². The fourth-order valence-electron chi connectivity index (χ4n) is 1.84. The van der Waals surface area contributed by atoms with Crippen LogP contribution >= 0.6 is 0 Å². The topological polar surface area (TPSA) is 52.6 Å². The predicted octanol–water partition coefficient (Wildman–Crippen LogP) is 0.000800. The number of carboxylic acids is 1. The third kappa shape index (κ3) is 2.67. The summed E-state index contributed by atoms with van der Waals surface area (Å²) in [6.07, 6.45) is 0.752. The number of hydrogen-bond donors (Lipinski definition) is 2. The van der Waals surface area contributed by atoms with E-state index >= 15 is 0 Å². The van der Waals surface area contributed by atoms with Crippen LogP contribution in [0, 0.1) is 5.92 Å². The Kier molecular flexibility index (Phi) is 3.69. The number of nitrogens with zero attached hydrogens (tertiary/aromatic N) is 1. The lowest BCUT2D eigenvalue weighted by Crippen LogP contribution is -2.49. The molecule has 1 heterocycles. The van der Waals surface area contributed by atoms with E-state index in [1.54, 1.807) is 0 Å². The molecule has 1 fully saturated rings. The molecular formula is C9H18N2O2. The number of carboxylic acid groups (broad SMARTS) is 1. The normalized spacial score (nSPS) is 30.3. The molecule has 1 saturated heterocycles. The highest BCUT2D eigenvalue weighted by Gasteiger charge is 2.29. The lowest BCUT2D eigenvalue weighted by Gasteiger charge is -2.35. The van der Waals surface area contributed by atoms with E-state index in [2.05, 4.69) is 17.1 Å². The van der Waals surface area contributed by atoms with Crippen molar-refractivity contribution in [3.05, 3.63) is 0 Å². The number of likely N-dealkylation sites (tertiary alicyclic amines) is 1. The average molecular weight is 186 g/mol. The number of likely N-dealkylation sites (N-methyl/N-ethyl adjacent to an activating group) is 2. The number of piperidine rings is 1. The van der Waals surface area contributed by atoms with Crippen LogP contribution in [0.25, 0.3) is 0 Å². The molecule has 2 N–H and O–H groups in total. The van der Waals surface area contributed by atoms with Crippen molar-refractivity contribution in [3.63, 3.8) is 0 Å². The van der Waals surface area contributed by atoms with Gasteiger partial charge in [0.2, 0.25) is 0 Å². The van der Waals surface area contributed by atoms with Gasteiger partial charge in [-0.2, -0.15) is 0 Å². The van der Waals surface area contributed by atoms with E-state index < -0.39 is 5.97 Å². The lowest BCUT2D eigenvalue weighted by atomic mass is 9.94. The van der Waals surface area contributed by atoms with Crippen molar-refractivity contribution in [1.29, 1.82) is 0 Å². The van der Waals surface area contributed by atoms with Crippen LogP contribution in [0.5, 0.6) is 0 Å². The van der Waals surface area contributed by atoms with E-state index in [1.807, 2.05) is 7.05 Å². The van der Waals surface area contributed by atoms with Gasteiger partial charge < -0.3 is 15.3 Å². The molecule has 4 heteroatoms. The second-order valence-corrected chi connectivity index (χ2v) is 3.61. The van der Waals surface area contributed by atoms with Crippen molar-refractivity contribution in [1.82, 2.24) is 10.2 Å². The van der Waals surface area contributed by atoms with Gasteiger partial charge in [-0.05, 0) is 20.0 Å². The van der Waals surface area contributed by atoms with E-state index in [-0.39, 0.29) is 5.92 Å². The maximum Gasteiger partial charge on any atom is 0.307 e. The SMILES string of the molecule is CCN1CC(NC)CC(C(=O)O)C1. The van der Waals surface area contributed by atoms with E-state index in [1.165, 1.54) is 0 Å². The zero-order valence-corrected chi connectivity index (χ0v) is 8.29. The van der Waals surface area contributed by atoms with Gasteiger partial charge in [-0.1, -0.05) is 6.92 Å². The molecule has 2 atom stereocenters. The fourth-order valence-corrected chi connectivity index (χ4v) is 1.84. The molecule has 13 heavy (non-hydrogen) atoms. The highest BCUT2D eigenvalue weighted by molar-refractivity contribution is 5.70. The van der Waals surface area contributed by atoms with Crippen molar-refractivity contribution >= 4 is 5.97 Å². The van der Waals surface area contributed by atoms with Crippen LogP contribution in [0.15, 0.2) is 0 Å². The second kappa shape index (κ2) is 4.58. The third-order valence-electron chi connectivity index (χ3n) is 2.73. The van der Waals surface area contributed by atoms with Crippen molar-refractivity contribution < 1.29 is 9.90 Å². The van der Waals surface area contributed by atoms with Crippen LogP contribution in [0.1, 0.15) is 13.3 Å². The van der Waals surface area contributed by atoms with Crippen LogP contribution in [0.2, 0.25) is 0 Å². The van der Waals surface area contributed by atoms with Gasteiger partial charge in [0.15, 0.2) is 0 Å². The van der Waals surface area contributed by atoms with Crippen molar-refractivity contribution in [2.75, 3.05) is 26.7 Å². The second-order valence-electron chi connectivity index (χ2n) is 3.61. The Labute approximate surface area is 78.9 Å². The Hall–Kier alpha value is -0.610. The Balaban J connectivity index is 2.54. The Morgan fingerprint density at radius 3 is 2.77 bits per heavy atom. The first-order valence-corrected chi connectivity index (χ1v) is 4.79. The molecule has 1 rings (SSSR count). The predicted molar refractivity (Wildman–Crippen MR) is 50.7 cm³/mol. The molecule has 0 radical (unpaired) electrons. The van der Waals surface area contributed by atoms with E-state index in [0.717, 1.165) is 19.5 Å². The summed E-state index contributed by atoms with van der Waals surface area (Å²) in [7, 11) is 1.89. The maximum absolute atomic E-state index is 10.8. The van der Waals surface area contributed by atoms with E-state index in [9.17, 15) is 4.79 Å². The third-order valence-corrected chi connectivity index (χ3v) is 2.73. The molecule has 4 nitrogen and oxygen atoms in total. The van der Waals surface area contributed by atoms with Gasteiger partial charge in [-0.25, -0.2) is 0 Å². The molecule has 0 amide bonds. The molecule has 2 unspecified atom stereocenters. The van der Waals surface area contributed by atoms with Gasteiger partial charge in [0.05, 0.1) is 5.92 Å². The molecule has 0 aromatic heterocycles. The summed E-state index contributed by atoms with van der Waals surface area (Å²) < 4.78 is 0. The molecular weight excluding hydrogens is 168 g/mol.